The van der Waals surface area contributed by atoms with E-state index >= 15 is 0 Å². The Labute approximate surface area is 121 Å². The van der Waals surface area contributed by atoms with Gasteiger partial charge in [0.15, 0.2) is 0 Å². The van der Waals surface area contributed by atoms with E-state index < -0.39 is 21.4 Å². The smallest absolute Gasteiger partial charge is 0.307 e. The molecule has 18 heavy (non-hydrogen) atoms. The van der Waals surface area contributed by atoms with Crippen molar-refractivity contribution in [2.75, 3.05) is 11.4 Å². The maximum absolute atomic E-state index is 12.9. The highest BCUT2D eigenvalue weighted by atomic mass is 79.9. The lowest BCUT2D eigenvalue weighted by atomic mass is 10.3. The number of amides is 1. The van der Waals surface area contributed by atoms with Crippen LogP contribution in [0.5, 0.6) is 0 Å². The molecular weight excluding hydrogens is 393 g/mol. The Balaban J connectivity index is 2.30. The van der Waals surface area contributed by atoms with E-state index in [1.807, 2.05) is 0 Å². The fraction of sp³-hybridized carbons (Fsp3) is 0.300. The minimum Gasteiger partial charge on any atom is -0.311 e. The summed E-state index contributed by atoms with van der Waals surface area (Å²) in [6.45, 7) is -0.147. The van der Waals surface area contributed by atoms with Crippen LogP contribution in [0.4, 0.5) is 9.57 Å². The summed E-state index contributed by atoms with van der Waals surface area (Å²) < 4.78 is 36.1. The maximum Gasteiger partial charge on any atom is 0.307 e. The number of hydrogen-bond acceptors (Lipinski definition) is 3. The molecule has 1 heterocycles. The molecule has 0 aliphatic carbocycles. The van der Waals surface area contributed by atoms with E-state index in [1.54, 1.807) is 18.2 Å². The number of benzene rings is 1. The maximum atomic E-state index is 12.9. The first-order valence-corrected chi connectivity index (χ1v) is 8.01. The molecule has 0 spiro atoms. The van der Waals surface area contributed by atoms with Gasteiger partial charge in [-0.05, 0) is 50.1 Å². The Hall–Kier alpha value is -0.470. The highest BCUT2D eigenvalue weighted by Gasteiger charge is 2.39. The molecule has 0 bridgehead atoms. The van der Waals surface area contributed by atoms with Gasteiger partial charge in [0.05, 0.1) is 0 Å². The van der Waals surface area contributed by atoms with Crippen LogP contribution in [0.2, 0.25) is 0 Å². The Kier molecular flexibility index (Phi) is 3.80. The Morgan fingerprint density at radius 1 is 1.28 bits per heavy atom. The summed E-state index contributed by atoms with van der Waals surface area (Å²) in [6, 6.07) is 5.07. The molecule has 1 aromatic rings. The zero-order valence-corrected chi connectivity index (χ0v) is 12.9. The second kappa shape index (κ2) is 4.90. The predicted molar refractivity (Wildman–Crippen MR) is 72.6 cm³/mol. The van der Waals surface area contributed by atoms with Crippen molar-refractivity contribution >= 4 is 53.7 Å². The molecule has 0 aromatic heterocycles. The van der Waals surface area contributed by atoms with Crippen LogP contribution in [0.25, 0.3) is 0 Å². The van der Waals surface area contributed by atoms with Crippen molar-refractivity contribution in [1.29, 1.82) is 0 Å². The van der Waals surface area contributed by atoms with E-state index in [4.69, 9.17) is 0 Å². The van der Waals surface area contributed by atoms with Crippen molar-refractivity contribution in [3.8, 4) is 0 Å². The monoisotopic (exact) mass is 399 g/mol. The number of hydrogen-bond donors (Lipinski definition) is 0. The SMILES string of the molecule is O=C1CC(S(=O)(=O)F)CN1c1ccc(Br)c(Br)c1. The van der Waals surface area contributed by atoms with Crippen LogP contribution in [0.1, 0.15) is 6.42 Å². The highest BCUT2D eigenvalue weighted by molar-refractivity contribution is 9.13. The summed E-state index contributed by atoms with van der Waals surface area (Å²) in [4.78, 5) is 13.0. The topological polar surface area (TPSA) is 54.5 Å². The van der Waals surface area contributed by atoms with Gasteiger partial charge in [0, 0.05) is 27.6 Å². The van der Waals surface area contributed by atoms with Gasteiger partial charge in [-0.2, -0.15) is 8.42 Å². The van der Waals surface area contributed by atoms with Crippen molar-refractivity contribution in [2.45, 2.75) is 11.7 Å². The lowest BCUT2D eigenvalue weighted by molar-refractivity contribution is -0.117. The number of anilines is 1. The average molecular weight is 401 g/mol. The Morgan fingerprint density at radius 2 is 1.94 bits per heavy atom. The van der Waals surface area contributed by atoms with Gasteiger partial charge in [0.25, 0.3) is 0 Å². The van der Waals surface area contributed by atoms with E-state index in [0.29, 0.717) is 5.69 Å². The molecule has 8 heteroatoms. The lowest BCUT2D eigenvalue weighted by Crippen LogP contribution is -2.26. The minimum absolute atomic E-state index is 0.147. The summed E-state index contributed by atoms with van der Waals surface area (Å²) >= 11 is 6.58. The van der Waals surface area contributed by atoms with Gasteiger partial charge in [-0.25, -0.2) is 0 Å². The van der Waals surface area contributed by atoms with Crippen molar-refractivity contribution in [1.82, 2.24) is 0 Å². The number of nitrogens with zero attached hydrogens (tertiary/aromatic N) is 1. The number of carbonyl (C=O) groups is 1. The van der Waals surface area contributed by atoms with Gasteiger partial charge >= 0.3 is 10.2 Å². The Bertz CT molecular complexity index is 605. The van der Waals surface area contributed by atoms with Crippen LogP contribution in [0.3, 0.4) is 0 Å². The van der Waals surface area contributed by atoms with Crippen LogP contribution in [0.15, 0.2) is 27.1 Å². The summed E-state index contributed by atoms with van der Waals surface area (Å²) in [6.07, 6.45) is -0.313. The first-order chi connectivity index (χ1) is 8.29. The van der Waals surface area contributed by atoms with Crippen LogP contribution < -0.4 is 4.90 Å². The highest BCUT2D eigenvalue weighted by Crippen LogP contribution is 2.31. The fourth-order valence-electron chi connectivity index (χ4n) is 1.77. The first kappa shape index (κ1) is 14.0. The lowest BCUT2D eigenvalue weighted by Gasteiger charge is -2.16. The minimum atomic E-state index is -4.68. The molecule has 0 saturated carbocycles. The zero-order chi connectivity index (χ0) is 13.5. The van der Waals surface area contributed by atoms with Crippen LogP contribution in [-0.4, -0.2) is 26.1 Å². The van der Waals surface area contributed by atoms with Gasteiger partial charge in [-0.3, -0.25) is 4.79 Å². The summed E-state index contributed by atoms with van der Waals surface area (Å²) in [7, 11) is -4.68. The van der Waals surface area contributed by atoms with Gasteiger partial charge in [0.2, 0.25) is 5.91 Å². The Morgan fingerprint density at radius 3 is 2.44 bits per heavy atom. The second-order valence-corrected chi connectivity index (χ2v) is 7.23. The quantitative estimate of drug-likeness (QED) is 0.717. The third-order valence-electron chi connectivity index (χ3n) is 2.70. The normalized spacial score (nSPS) is 20.5. The summed E-state index contributed by atoms with van der Waals surface area (Å²) in [5, 5.41) is -1.27. The first-order valence-electron chi connectivity index (χ1n) is 4.98. The number of halogens is 3. The molecule has 2 rings (SSSR count). The molecule has 98 valence electrons. The van der Waals surface area contributed by atoms with E-state index in [9.17, 15) is 17.1 Å². The molecule has 1 atom stereocenters. The van der Waals surface area contributed by atoms with E-state index in [2.05, 4.69) is 31.9 Å². The molecule has 0 N–H and O–H groups in total. The molecule has 1 saturated heterocycles. The van der Waals surface area contributed by atoms with Crippen LogP contribution >= 0.6 is 31.9 Å². The number of rotatable bonds is 2. The molecule has 0 radical (unpaired) electrons. The van der Waals surface area contributed by atoms with Crippen molar-refractivity contribution in [3.05, 3.63) is 27.1 Å². The van der Waals surface area contributed by atoms with Gasteiger partial charge in [-0.1, -0.05) is 0 Å². The third-order valence-corrected chi connectivity index (χ3v) is 5.69. The van der Waals surface area contributed by atoms with Crippen LogP contribution in [0, 0.1) is 0 Å². The number of carbonyl (C=O) groups excluding carboxylic acids is 1. The molecule has 1 unspecified atom stereocenters. The van der Waals surface area contributed by atoms with Gasteiger partial charge in [-0.15, -0.1) is 3.89 Å². The van der Waals surface area contributed by atoms with Crippen molar-refractivity contribution < 1.29 is 17.1 Å². The van der Waals surface area contributed by atoms with E-state index in [1.165, 1.54) is 4.90 Å². The molecule has 1 aromatic carbocycles. The molecule has 1 fully saturated rings. The summed E-state index contributed by atoms with van der Waals surface area (Å²) in [5.74, 6) is -0.393. The van der Waals surface area contributed by atoms with Gasteiger partial charge < -0.3 is 4.90 Å². The zero-order valence-electron chi connectivity index (χ0n) is 8.94. The molecule has 4 nitrogen and oxygen atoms in total. The predicted octanol–water partition coefficient (Wildman–Crippen LogP) is 2.62. The van der Waals surface area contributed by atoms with Crippen LogP contribution in [-0.2, 0) is 15.0 Å². The molecular formula is C10H8Br2FNO3S. The third kappa shape index (κ3) is 2.75. The standard InChI is InChI=1S/C10H8Br2FNO3S/c11-8-2-1-6(3-9(8)12)14-5-7(4-10(14)15)18(13,16)17/h1-3,7H,4-5H2. The summed E-state index contributed by atoms with van der Waals surface area (Å²) in [5.41, 5.74) is 0.543. The van der Waals surface area contributed by atoms with E-state index in [0.717, 1.165) is 8.95 Å². The van der Waals surface area contributed by atoms with E-state index in [-0.39, 0.29) is 13.0 Å². The fourth-order valence-corrected chi connectivity index (χ4v) is 3.05. The van der Waals surface area contributed by atoms with Gasteiger partial charge in [0.1, 0.15) is 5.25 Å². The second-order valence-electron chi connectivity index (χ2n) is 3.90. The molecule has 1 amide bonds. The van der Waals surface area contributed by atoms with Crippen molar-refractivity contribution in [3.63, 3.8) is 0 Å². The average Bonchev–Trinajstić information content (AvgIpc) is 2.64. The molecule has 1 aliphatic rings. The molecule has 1 aliphatic heterocycles. The largest absolute Gasteiger partial charge is 0.311 e. The van der Waals surface area contributed by atoms with Crippen molar-refractivity contribution in [2.24, 2.45) is 0 Å².